The van der Waals surface area contributed by atoms with Crippen LogP contribution in [0.3, 0.4) is 0 Å². The van der Waals surface area contributed by atoms with Crippen molar-refractivity contribution in [3.63, 3.8) is 0 Å². The van der Waals surface area contributed by atoms with Crippen molar-refractivity contribution in [2.24, 2.45) is 0 Å². The van der Waals surface area contributed by atoms with E-state index in [0.717, 1.165) is 45.0 Å². The maximum atomic E-state index is 14.1. The number of nitrogens with zero attached hydrogens (tertiary/aromatic N) is 4. The number of sulfonamides is 1. The molecule has 0 aliphatic carbocycles. The molecule has 0 atom stereocenters. The van der Waals surface area contributed by atoms with E-state index in [1.54, 1.807) is 34.8 Å². The number of aryl methyl sites for hydroxylation is 1. The molecule has 3 aromatic heterocycles. The van der Waals surface area contributed by atoms with Crippen LogP contribution in [0.25, 0.3) is 10.6 Å². The van der Waals surface area contributed by atoms with E-state index in [0.29, 0.717) is 12.4 Å². The van der Waals surface area contributed by atoms with Crippen molar-refractivity contribution in [2.45, 2.75) is 31.5 Å². The van der Waals surface area contributed by atoms with Gasteiger partial charge in [-0.25, -0.2) is 27.2 Å². The predicted octanol–water partition coefficient (Wildman–Crippen LogP) is 5.24. The van der Waals surface area contributed by atoms with Gasteiger partial charge in [0.2, 0.25) is 0 Å². The first-order valence-electron chi connectivity index (χ1n) is 10.9. The minimum atomic E-state index is -3.99. The highest BCUT2D eigenvalue weighted by Crippen LogP contribution is 2.36. The fraction of sp³-hybridized carbons (Fsp3) is 0.250. The van der Waals surface area contributed by atoms with Crippen molar-refractivity contribution >= 4 is 38.5 Å². The van der Waals surface area contributed by atoms with Gasteiger partial charge in [0, 0.05) is 48.6 Å². The molecule has 0 amide bonds. The summed E-state index contributed by atoms with van der Waals surface area (Å²) in [5.41, 5.74) is 2.27. The van der Waals surface area contributed by atoms with E-state index >= 15 is 0 Å². The number of aromatic nitrogens is 2. The number of hydrogen-bond acceptors (Lipinski definition) is 7. The van der Waals surface area contributed by atoms with Crippen LogP contribution in [0.4, 0.5) is 14.6 Å². The van der Waals surface area contributed by atoms with E-state index in [2.05, 4.69) is 26.3 Å². The molecular formula is C24H22F2N4O2S3. The van der Waals surface area contributed by atoms with Gasteiger partial charge in [-0.15, -0.1) is 22.7 Å². The van der Waals surface area contributed by atoms with Gasteiger partial charge in [0.15, 0.2) is 5.03 Å². The van der Waals surface area contributed by atoms with Crippen molar-refractivity contribution in [2.75, 3.05) is 18.5 Å². The minimum Gasteiger partial charge on any atom is -0.352 e. The standard InChI is InChI=1S/C24H22F2N4O2S3/c1-15-27-20(14-33-15)22-10-17-13-30(9-8-21(17)34-22)23-4-3-5-24(28-23)35(31,32)29(2)12-16-6-7-18(25)11-19(16)26/h3-7,10-11,14H,8-9,12-13H2,1-2H3. The Kier molecular flexibility index (Phi) is 6.43. The lowest BCUT2D eigenvalue weighted by Gasteiger charge is -2.28. The maximum absolute atomic E-state index is 14.1. The van der Waals surface area contributed by atoms with Crippen LogP contribution in [0.2, 0.25) is 0 Å². The van der Waals surface area contributed by atoms with Crippen molar-refractivity contribution in [3.8, 4) is 10.6 Å². The number of fused-ring (bicyclic) bond motifs is 1. The van der Waals surface area contributed by atoms with E-state index in [1.807, 2.05) is 6.92 Å². The Hall–Kier alpha value is -2.73. The molecular weight excluding hydrogens is 510 g/mol. The summed E-state index contributed by atoms with van der Waals surface area (Å²) >= 11 is 3.38. The van der Waals surface area contributed by atoms with Gasteiger partial charge < -0.3 is 4.90 Å². The molecule has 4 heterocycles. The number of rotatable bonds is 6. The molecule has 35 heavy (non-hydrogen) atoms. The quantitative estimate of drug-likeness (QED) is 0.340. The van der Waals surface area contributed by atoms with E-state index in [-0.39, 0.29) is 17.1 Å². The van der Waals surface area contributed by atoms with Gasteiger partial charge in [-0.3, -0.25) is 0 Å². The second kappa shape index (κ2) is 9.38. The van der Waals surface area contributed by atoms with Crippen molar-refractivity contribution < 1.29 is 17.2 Å². The Morgan fingerprint density at radius 2 is 1.97 bits per heavy atom. The molecule has 4 aromatic rings. The Morgan fingerprint density at radius 3 is 2.71 bits per heavy atom. The molecule has 0 unspecified atom stereocenters. The summed E-state index contributed by atoms with van der Waals surface area (Å²) in [6.07, 6.45) is 0.839. The summed E-state index contributed by atoms with van der Waals surface area (Å²) in [5, 5.41) is 2.98. The van der Waals surface area contributed by atoms with Gasteiger partial charge >= 0.3 is 0 Å². The third kappa shape index (κ3) is 4.86. The molecule has 5 rings (SSSR count). The maximum Gasteiger partial charge on any atom is 0.260 e. The van der Waals surface area contributed by atoms with E-state index < -0.39 is 21.7 Å². The Bertz CT molecular complexity index is 1500. The molecule has 182 valence electrons. The average molecular weight is 533 g/mol. The van der Waals surface area contributed by atoms with E-state index in [4.69, 9.17) is 0 Å². The van der Waals surface area contributed by atoms with Gasteiger partial charge in [-0.1, -0.05) is 12.1 Å². The first-order valence-corrected chi connectivity index (χ1v) is 14.0. The monoisotopic (exact) mass is 532 g/mol. The number of thiophene rings is 1. The fourth-order valence-electron chi connectivity index (χ4n) is 3.99. The molecule has 0 radical (unpaired) electrons. The van der Waals surface area contributed by atoms with Gasteiger partial charge in [-0.2, -0.15) is 4.31 Å². The fourth-order valence-corrected chi connectivity index (χ4v) is 6.89. The highest BCUT2D eigenvalue weighted by atomic mass is 32.2. The first-order chi connectivity index (χ1) is 16.7. The molecule has 11 heteroatoms. The van der Waals surface area contributed by atoms with Crippen LogP contribution < -0.4 is 4.90 Å². The SMILES string of the molecule is Cc1nc(-c2cc3c(s2)CCN(c2cccc(S(=O)(=O)N(C)Cc4ccc(F)cc4F)n2)C3)cs1. The van der Waals surface area contributed by atoms with Crippen molar-refractivity contribution in [1.29, 1.82) is 0 Å². The summed E-state index contributed by atoms with van der Waals surface area (Å²) in [4.78, 5) is 13.5. The smallest absolute Gasteiger partial charge is 0.260 e. The van der Waals surface area contributed by atoms with Crippen LogP contribution in [0.15, 0.2) is 52.9 Å². The van der Waals surface area contributed by atoms with Gasteiger partial charge in [0.05, 0.1) is 15.6 Å². The molecule has 1 aliphatic heterocycles. The highest BCUT2D eigenvalue weighted by Gasteiger charge is 2.26. The van der Waals surface area contributed by atoms with Crippen molar-refractivity contribution in [3.05, 3.63) is 80.5 Å². The molecule has 0 bridgehead atoms. The van der Waals surface area contributed by atoms with Crippen LogP contribution in [-0.2, 0) is 29.5 Å². The second-order valence-electron chi connectivity index (χ2n) is 8.31. The molecule has 0 N–H and O–H groups in total. The van der Waals surface area contributed by atoms with Crippen LogP contribution in [-0.4, -0.2) is 36.3 Å². The normalized spacial score (nSPS) is 13.9. The molecule has 6 nitrogen and oxygen atoms in total. The number of thiazole rings is 1. The topological polar surface area (TPSA) is 66.4 Å². The van der Waals surface area contributed by atoms with E-state index in [1.165, 1.54) is 29.6 Å². The first kappa shape index (κ1) is 24.0. The van der Waals surface area contributed by atoms with Crippen molar-refractivity contribution in [1.82, 2.24) is 14.3 Å². The molecule has 0 spiro atoms. The largest absolute Gasteiger partial charge is 0.352 e. The summed E-state index contributed by atoms with van der Waals surface area (Å²) in [6, 6.07) is 10.1. The van der Waals surface area contributed by atoms with Crippen LogP contribution in [0, 0.1) is 18.6 Å². The predicted molar refractivity (Wildman–Crippen MR) is 134 cm³/mol. The number of pyridine rings is 1. The molecule has 0 saturated heterocycles. The third-order valence-electron chi connectivity index (χ3n) is 5.85. The number of hydrogen-bond donors (Lipinski definition) is 0. The minimum absolute atomic E-state index is 0.0840. The number of halogens is 2. The zero-order valence-electron chi connectivity index (χ0n) is 19.0. The third-order valence-corrected chi connectivity index (χ3v) is 9.59. The summed E-state index contributed by atoms with van der Waals surface area (Å²) in [5.74, 6) is -0.938. The van der Waals surface area contributed by atoms with Gasteiger partial charge in [0.25, 0.3) is 10.0 Å². The van der Waals surface area contributed by atoms with Gasteiger partial charge in [0.1, 0.15) is 17.5 Å². The lowest BCUT2D eigenvalue weighted by molar-refractivity contribution is 0.452. The Labute approximate surface area is 210 Å². The van der Waals surface area contributed by atoms with Gasteiger partial charge in [-0.05, 0) is 43.2 Å². The highest BCUT2D eigenvalue weighted by molar-refractivity contribution is 7.89. The second-order valence-corrected chi connectivity index (χ2v) is 12.5. The zero-order valence-corrected chi connectivity index (χ0v) is 21.5. The zero-order chi connectivity index (χ0) is 24.7. The Morgan fingerprint density at radius 1 is 1.14 bits per heavy atom. The van der Waals surface area contributed by atoms with Crippen LogP contribution >= 0.6 is 22.7 Å². The molecule has 0 saturated carbocycles. The Balaban J connectivity index is 1.35. The number of benzene rings is 1. The lowest BCUT2D eigenvalue weighted by Crippen LogP contribution is -2.31. The molecule has 0 fully saturated rings. The number of anilines is 1. The molecule has 1 aromatic carbocycles. The van der Waals surface area contributed by atoms with Crippen LogP contribution in [0.1, 0.15) is 21.0 Å². The average Bonchev–Trinajstić information content (AvgIpc) is 3.46. The summed E-state index contributed by atoms with van der Waals surface area (Å²) < 4.78 is 54.6. The lowest BCUT2D eigenvalue weighted by atomic mass is 10.1. The van der Waals surface area contributed by atoms with E-state index in [9.17, 15) is 17.2 Å². The summed E-state index contributed by atoms with van der Waals surface area (Å²) in [7, 11) is -2.63. The summed E-state index contributed by atoms with van der Waals surface area (Å²) in [6.45, 7) is 3.10. The van der Waals surface area contributed by atoms with Crippen LogP contribution in [0.5, 0.6) is 0 Å². The molecule has 1 aliphatic rings.